The number of aliphatic hydroxyl groups is 2. The minimum absolute atomic E-state index is 0.0166. The van der Waals surface area contributed by atoms with Gasteiger partial charge in [-0.3, -0.25) is 14.4 Å². The van der Waals surface area contributed by atoms with Crippen LogP contribution in [0, 0.1) is 36.5 Å². The van der Waals surface area contributed by atoms with Gasteiger partial charge in [-0.2, -0.15) is 0 Å². The second-order valence-electron chi connectivity index (χ2n) is 12.3. The van der Waals surface area contributed by atoms with E-state index in [-0.39, 0.29) is 25.2 Å². The standard InChI is InChI=1S/C36H54N4O5/c1-5-7-11-21-32(41)34(43)31(25-28-18-14-10-15-19-28)39-36(45)30(20-8-6-2)38-35(44)29(24-27-16-12-9-13-17-27)26-33(42)40(4)23-22-37-3/h1-2,9,12-13,16-17,28-32,34,37,41,43H,7-8,10-11,14-15,18-26H2,3-4H3,(H,38,44)(H,39,45). The van der Waals surface area contributed by atoms with Crippen LogP contribution in [0.5, 0.6) is 0 Å². The van der Waals surface area contributed by atoms with Crippen molar-refractivity contribution in [3.05, 3.63) is 35.9 Å². The van der Waals surface area contributed by atoms with Gasteiger partial charge in [0.2, 0.25) is 17.7 Å². The van der Waals surface area contributed by atoms with Crippen LogP contribution >= 0.6 is 0 Å². The number of hydrogen-bond donors (Lipinski definition) is 5. The van der Waals surface area contributed by atoms with E-state index < -0.39 is 42.0 Å². The third-order valence-corrected chi connectivity index (χ3v) is 8.72. The Balaban J connectivity index is 2.23. The molecule has 9 heteroatoms. The van der Waals surface area contributed by atoms with Crippen LogP contribution in [-0.4, -0.2) is 84.3 Å². The van der Waals surface area contributed by atoms with Gasteiger partial charge in [0.1, 0.15) is 6.04 Å². The number of likely N-dealkylation sites (N-methyl/N-ethyl adjacent to an activating group) is 2. The lowest BCUT2D eigenvalue weighted by atomic mass is 9.82. The third kappa shape index (κ3) is 14.1. The molecule has 1 fully saturated rings. The van der Waals surface area contributed by atoms with E-state index in [0.29, 0.717) is 51.1 Å². The summed E-state index contributed by atoms with van der Waals surface area (Å²) in [6.45, 7) is 1.13. The number of nitrogens with zero attached hydrogens (tertiary/aromatic N) is 1. The molecular weight excluding hydrogens is 568 g/mol. The zero-order valence-corrected chi connectivity index (χ0v) is 27.2. The van der Waals surface area contributed by atoms with Crippen molar-refractivity contribution in [1.29, 1.82) is 0 Å². The minimum atomic E-state index is -1.19. The SMILES string of the molecule is C#CCCCC(O)C(O)C(CC1CCCCC1)NC(=O)C(CCC#C)NC(=O)C(CC(=O)N(C)CCNC)Cc1ccccc1. The molecule has 2 rings (SSSR count). The van der Waals surface area contributed by atoms with E-state index in [4.69, 9.17) is 12.8 Å². The fourth-order valence-electron chi connectivity index (χ4n) is 5.91. The van der Waals surface area contributed by atoms with Crippen molar-refractivity contribution in [3.63, 3.8) is 0 Å². The third-order valence-electron chi connectivity index (χ3n) is 8.72. The molecule has 45 heavy (non-hydrogen) atoms. The van der Waals surface area contributed by atoms with Gasteiger partial charge in [-0.25, -0.2) is 0 Å². The van der Waals surface area contributed by atoms with Crippen molar-refractivity contribution in [2.45, 2.75) is 108 Å². The number of unbranched alkanes of at least 4 members (excludes halogenated alkanes) is 1. The molecule has 0 spiro atoms. The molecule has 1 aromatic carbocycles. The molecule has 1 aromatic rings. The van der Waals surface area contributed by atoms with Crippen molar-refractivity contribution in [2.75, 3.05) is 27.2 Å². The molecule has 1 aliphatic rings. The fourth-order valence-corrected chi connectivity index (χ4v) is 5.91. The van der Waals surface area contributed by atoms with Crippen molar-refractivity contribution in [3.8, 4) is 24.7 Å². The second kappa shape index (κ2) is 21.4. The highest BCUT2D eigenvalue weighted by atomic mass is 16.3. The lowest BCUT2D eigenvalue weighted by Crippen LogP contribution is -2.56. The number of carbonyl (C=O) groups excluding carboxylic acids is 3. The zero-order valence-electron chi connectivity index (χ0n) is 27.2. The molecule has 5 atom stereocenters. The highest BCUT2D eigenvalue weighted by molar-refractivity contribution is 5.91. The molecule has 5 unspecified atom stereocenters. The average molecular weight is 623 g/mol. The molecular formula is C36H54N4O5. The zero-order chi connectivity index (χ0) is 33.0. The summed E-state index contributed by atoms with van der Waals surface area (Å²) >= 11 is 0. The van der Waals surface area contributed by atoms with Crippen LogP contribution in [0.15, 0.2) is 30.3 Å². The summed E-state index contributed by atoms with van der Waals surface area (Å²) in [4.78, 5) is 42.2. The number of hydrogen-bond acceptors (Lipinski definition) is 6. The molecule has 3 amide bonds. The monoisotopic (exact) mass is 622 g/mol. The first-order valence-corrected chi connectivity index (χ1v) is 16.5. The van der Waals surface area contributed by atoms with E-state index in [2.05, 4.69) is 27.8 Å². The quantitative estimate of drug-likeness (QED) is 0.112. The number of terminal acetylenes is 2. The van der Waals surface area contributed by atoms with Crippen LogP contribution in [0.4, 0.5) is 0 Å². The van der Waals surface area contributed by atoms with Crippen LogP contribution in [0.3, 0.4) is 0 Å². The Hall–Kier alpha value is -3.37. The van der Waals surface area contributed by atoms with Crippen molar-refractivity contribution < 1.29 is 24.6 Å². The first-order valence-electron chi connectivity index (χ1n) is 16.5. The number of amides is 3. The molecule has 0 saturated heterocycles. The normalized spacial score (nSPS) is 16.7. The number of rotatable bonds is 20. The molecule has 0 aromatic heterocycles. The van der Waals surface area contributed by atoms with E-state index >= 15 is 0 Å². The Morgan fingerprint density at radius 1 is 0.978 bits per heavy atom. The maximum Gasteiger partial charge on any atom is 0.242 e. The smallest absolute Gasteiger partial charge is 0.242 e. The lowest BCUT2D eigenvalue weighted by molar-refractivity contribution is -0.137. The summed E-state index contributed by atoms with van der Waals surface area (Å²) in [5, 5.41) is 30.8. The minimum Gasteiger partial charge on any atom is -0.390 e. The summed E-state index contributed by atoms with van der Waals surface area (Å²) < 4.78 is 0. The van der Waals surface area contributed by atoms with Crippen LogP contribution in [0.25, 0.3) is 0 Å². The van der Waals surface area contributed by atoms with Crippen LogP contribution in [-0.2, 0) is 20.8 Å². The Bertz CT molecular complexity index is 1110. The molecule has 9 nitrogen and oxygen atoms in total. The number of nitrogens with one attached hydrogen (secondary N) is 3. The molecule has 0 bridgehead atoms. The molecule has 5 N–H and O–H groups in total. The lowest BCUT2D eigenvalue weighted by Gasteiger charge is -2.33. The van der Waals surface area contributed by atoms with E-state index in [0.717, 1.165) is 31.2 Å². The maximum absolute atomic E-state index is 13.8. The number of benzene rings is 1. The van der Waals surface area contributed by atoms with Gasteiger partial charge in [-0.1, -0.05) is 62.4 Å². The number of carbonyl (C=O) groups is 3. The van der Waals surface area contributed by atoms with Crippen LogP contribution in [0.2, 0.25) is 0 Å². The van der Waals surface area contributed by atoms with Gasteiger partial charge in [0.15, 0.2) is 0 Å². The van der Waals surface area contributed by atoms with Gasteiger partial charge in [0, 0.05) is 39.4 Å². The van der Waals surface area contributed by atoms with Gasteiger partial charge >= 0.3 is 0 Å². The first-order chi connectivity index (χ1) is 21.7. The summed E-state index contributed by atoms with van der Waals surface area (Å²) in [5.41, 5.74) is 0.905. The van der Waals surface area contributed by atoms with Crippen LogP contribution in [0.1, 0.15) is 82.6 Å². The predicted octanol–water partition coefficient (Wildman–Crippen LogP) is 2.79. The molecule has 0 radical (unpaired) electrons. The highest BCUT2D eigenvalue weighted by Gasteiger charge is 2.34. The van der Waals surface area contributed by atoms with Gasteiger partial charge in [-0.05, 0) is 50.6 Å². The van der Waals surface area contributed by atoms with E-state index in [9.17, 15) is 24.6 Å². The first kappa shape index (κ1) is 37.8. The molecule has 1 aliphatic carbocycles. The van der Waals surface area contributed by atoms with Gasteiger partial charge in [0.25, 0.3) is 0 Å². The van der Waals surface area contributed by atoms with E-state index in [1.54, 1.807) is 11.9 Å². The summed E-state index contributed by atoms with van der Waals surface area (Å²) in [7, 11) is 3.52. The van der Waals surface area contributed by atoms with Crippen molar-refractivity contribution in [1.82, 2.24) is 20.9 Å². The largest absolute Gasteiger partial charge is 0.390 e. The Kier molecular flexibility index (Phi) is 18.0. The average Bonchev–Trinajstić information content (AvgIpc) is 3.05. The molecule has 0 aliphatic heterocycles. The molecule has 0 heterocycles. The van der Waals surface area contributed by atoms with Gasteiger partial charge in [-0.15, -0.1) is 24.7 Å². The van der Waals surface area contributed by atoms with Crippen LogP contribution < -0.4 is 16.0 Å². The fraction of sp³-hybridized carbons (Fsp3) is 0.639. The Labute approximate surface area is 270 Å². The summed E-state index contributed by atoms with van der Waals surface area (Å²) in [6, 6.07) is 7.80. The summed E-state index contributed by atoms with van der Waals surface area (Å²) in [6.07, 6.45) is 16.7. The van der Waals surface area contributed by atoms with E-state index in [1.807, 2.05) is 37.4 Å². The van der Waals surface area contributed by atoms with Gasteiger partial charge in [0.05, 0.1) is 24.2 Å². The number of aliphatic hydroxyl groups excluding tert-OH is 2. The molecule has 1 saturated carbocycles. The second-order valence-corrected chi connectivity index (χ2v) is 12.3. The van der Waals surface area contributed by atoms with Crippen molar-refractivity contribution >= 4 is 17.7 Å². The summed E-state index contributed by atoms with van der Waals surface area (Å²) in [5.74, 6) is 3.66. The Morgan fingerprint density at radius 2 is 1.67 bits per heavy atom. The maximum atomic E-state index is 13.8. The highest BCUT2D eigenvalue weighted by Crippen LogP contribution is 2.29. The van der Waals surface area contributed by atoms with E-state index in [1.165, 1.54) is 6.42 Å². The van der Waals surface area contributed by atoms with Gasteiger partial charge < -0.3 is 31.1 Å². The molecule has 248 valence electrons. The predicted molar refractivity (Wildman–Crippen MR) is 178 cm³/mol. The Morgan fingerprint density at radius 3 is 2.31 bits per heavy atom. The topological polar surface area (TPSA) is 131 Å². The van der Waals surface area contributed by atoms with Crippen molar-refractivity contribution in [2.24, 2.45) is 11.8 Å².